The van der Waals surface area contributed by atoms with E-state index in [0.717, 1.165) is 25.5 Å². The maximum absolute atomic E-state index is 17.2. The topological polar surface area (TPSA) is 99.7 Å². The van der Waals surface area contributed by atoms with Crippen LogP contribution in [0.3, 0.4) is 0 Å². The van der Waals surface area contributed by atoms with E-state index < -0.39 is 52.6 Å². The van der Waals surface area contributed by atoms with E-state index in [1.54, 1.807) is 25.7 Å². The summed E-state index contributed by atoms with van der Waals surface area (Å²) in [6.07, 6.45) is -1.18. The Labute approximate surface area is 310 Å². The van der Waals surface area contributed by atoms with Crippen molar-refractivity contribution in [3.63, 3.8) is 0 Å². The van der Waals surface area contributed by atoms with Gasteiger partial charge < -0.3 is 14.4 Å². The SMILES string of the molecule is Cc1cc2n[nH]c(I)c2c(-c2c(F)cc3c(N4C[C@H]5CC[C@@H](C4)N5C(=O)OC(C)(C)C)nc(OC[C@@]45CCCN4C[C@H](F)C5)nc3c2F)c1C(F)F. The monoisotopic (exact) mass is 839 g/mol. The lowest BCUT2D eigenvalue weighted by atomic mass is 9.91. The Kier molecular flexibility index (Phi) is 8.74. The molecule has 0 aliphatic carbocycles. The van der Waals surface area contributed by atoms with Crippen molar-refractivity contribution in [2.75, 3.05) is 37.7 Å². The van der Waals surface area contributed by atoms with Crippen molar-refractivity contribution in [1.29, 1.82) is 0 Å². The number of anilines is 1. The van der Waals surface area contributed by atoms with Gasteiger partial charge in [0, 0.05) is 48.0 Å². The largest absolute Gasteiger partial charge is 0.461 e. The van der Waals surface area contributed by atoms with Crippen molar-refractivity contribution in [2.45, 2.75) is 95.6 Å². The van der Waals surface area contributed by atoms with Gasteiger partial charge in [0.05, 0.1) is 28.7 Å². The van der Waals surface area contributed by atoms with Crippen molar-refractivity contribution < 1.29 is 36.2 Å². The van der Waals surface area contributed by atoms with Gasteiger partial charge in [0.25, 0.3) is 6.43 Å². The number of fused-ring (bicyclic) bond motifs is 5. The molecule has 4 aliphatic heterocycles. The molecule has 6 heterocycles. The van der Waals surface area contributed by atoms with E-state index >= 15 is 8.78 Å². The lowest BCUT2D eigenvalue weighted by Crippen LogP contribution is -2.57. The molecule has 0 saturated carbocycles. The lowest BCUT2D eigenvalue weighted by molar-refractivity contribution is 0.0122. The summed E-state index contributed by atoms with van der Waals surface area (Å²) >= 11 is 1.88. The number of benzene rings is 2. The van der Waals surface area contributed by atoms with Crippen molar-refractivity contribution in [2.24, 2.45) is 0 Å². The van der Waals surface area contributed by atoms with Crippen LogP contribution in [0.5, 0.6) is 6.01 Å². The predicted octanol–water partition coefficient (Wildman–Crippen LogP) is 7.85. The molecule has 2 bridgehead atoms. The van der Waals surface area contributed by atoms with Crippen molar-refractivity contribution in [3.05, 3.63) is 38.6 Å². The fourth-order valence-electron chi connectivity index (χ4n) is 8.86. The van der Waals surface area contributed by atoms with Gasteiger partial charge in [0.1, 0.15) is 39.2 Å². The van der Waals surface area contributed by atoms with Crippen molar-refractivity contribution in [1.82, 2.24) is 30.0 Å². The minimum atomic E-state index is -3.05. The van der Waals surface area contributed by atoms with Crippen LogP contribution >= 0.6 is 22.6 Å². The smallest absolute Gasteiger partial charge is 0.410 e. The molecule has 1 amide bonds. The lowest BCUT2D eigenvalue weighted by Gasteiger charge is -2.42. The highest BCUT2D eigenvalue weighted by atomic mass is 127. The molecule has 4 aromatic rings. The molecule has 4 aliphatic rings. The van der Waals surface area contributed by atoms with Gasteiger partial charge in [0.2, 0.25) is 0 Å². The first-order chi connectivity index (χ1) is 24.6. The van der Waals surface area contributed by atoms with E-state index in [9.17, 15) is 18.0 Å². The van der Waals surface area contributed by atoms with Crippen molar-refractivity contribution >= 4 is 56.3 Å². The zero-order valence-corrected chi connectivity index (χ0v) is 31.4. The summed E-state index contributed by atoms with van der Waals surface area (Å²) in [6.45, 7) is 8.57. The highest BCUT2D eigenvalue weighted by Crippen LogP contribution is 2.46. The maximum Gasteiger partial charge on any atom is 0.410 e. The molecule has 0 spiro atoms. The van der Waals surface area contributed by atoms with Crippen LogP contribution in [0.25, 0.3) is 32.9 Å². The summed E-state index contributed by atoms with van der Waals surface area (Å²) in [5, 5.41) is 7.13. The van der Waals surface area contributed by atoms with Crippen LogP contribution in [0.4, 0.5) is 32.6 Å². The number of carbonyl (C=O) groups is 1. The third kappa shape index (κ3) is 5.91. The summed E-state index contributed by atoms with van der Waals surface area (Å²) in [7, 11) is 0. The number of ether oxygens (including phenoxy) is 2. The maximum atomic E-state index is 17.2. The first-order valence-electron chi connectivity index (χ1n) is 17.6. The van der Waals surface area contributed by atoms with Gasteiger partial charge in [-0.05, 0) is 100 Å². The number of alkyl halides is 3. The third-order valence-corrected chi connectivity index (χ3v) is 11.8. The van der Waals surface area contributed by atoms with E-state index in [1.165, 1.54) is 13.0 Å². The first-order valence-corrected chi connectivity index (χ1v) is 18.7. The highest BCUT2D eigenvalue weighted by molar-refractivity contribution is 14.1. The number of amides is 1. The minimum absolute atomic E-state index is 0.0333. The standard InChI is InChI=1S/C36H39F5IN7O3/c1-17-10-23-26(31(42)46-45-23)27(24(17)30(40)41)25-22(38)11-21-29(28(25)39)43-33(51-16-36-8-5-9-48(36)13-18(37)12-36)44-32(21)47-14-19-6-7-20(15-47)49(19)34(50)52-35(2,3)4/h10-11,18-20,30H,5-9,12-16H2,1-4H3,(H,45,46)/t18-,19-,20+,36+/m1/s1. The van der Waals surface area contributed by atoms with Gasteiger partial charge in [-0.3, -0.25) is 14.9 Å². The van der Waals surface area contributed by atoms with Gasteiger partial charge in [-0.15, -0.1) is 0 Å². The fourth-order valence-corrected chi connectivity index (χ4v) is 9.53. The first kappa shape index (κ1) is 35.5. The van der Waals surface area contributed by atoms with Gasteiger partial charge in [-0.2, -0.15) is 15.1 Å². The molecule has 8 rings (SSSR count). The number of piperazine rings is 1. The van der Waals surface area contributed by atoms with E-state index in [4.69, 9.17) is 14.5 Å². The summed E-state index contributed by atoms with van der Waals surface area (Å²) in [5.74, 6) is -2.01. The summed E-state index contributed by atoms with van der Waals surface area (Å²) < 4.78 is 90.0. The Hall–Kier alpha value is -3.54. The molecule has 1 N–H and O–H groups in total. The molecule has 16 heteroatoms. The fraction of sp³-hybridized carbons (Fsp3) is 0.556. The van der Waals surface area contributed by atoms with E-state index in [2.05, 4.69) is 20.1 Å². The van der Waals surface area contributed by atoms with Crippen LogP contribution in [0.2, 0.25) is 0 Å². The molecular weight excluding hydrogens is 800 g/mol. The van der Waals surface area contributed by atoms with Crippen LogP contribution in [0, 0.1) is 22.3 Å². The highest BCUT2D eigenvalue weighted by Gasteiger charge is 2.50. The quantitative estimate of drug-likeness (QED) is 0.155. The molecule has 0 radical (unpaired) electrons. The second kappa shape index (κ2) is 12.8. The summed E-state index contributed by atoms with van der Waals surface area (Å²) in [4.78, 5) is 28.1. The summed E-state index contributed by atoms with van der Waals surface area (Å²) in [5.41, 5.74) is -2.59. The molecule has 52 heavy (non-hydrogen) atoms. The van der Waals surface area contributed by atoms with E-state index in [0.29, 0.717) is 36.2 Å². The average molecular weight is 840 g/mol. The van der Waals surface area contributed by atoms with Gasteiger partial charge in [0.15, 0.2) is 5.82 Å². The Morgan fingerprint density at radius 2 is 1.85 bits per heavy atom. The molecular formula is C36H39F5IN7O3. The number of halogens is 6. The molecule has 4 fully saturated rings. The number of nitrogens with one attached hydrogen (secondary N) is 1. The van der Waals surface area contributed by atoms with Crippen LogP contribution in [0.15, 0.2) is 12.1 Å². The molecule has 4 saturated heterocycles. The molecule has 10 nitrogen and oxygen atoms in total. The Morgan fingerprint density at radius 3 is 2.54 bits per heavy atom. The van der Waals surface area contributed by atoms with Crippen LogP contribution in [-0.2, 0) is 4.74 Å². The van der Waals surface area contributed by atoms with Crippen LogP contribution in [-0.4, -0.2) is 98.2 Å². The Balaban J connectivity index is 1.26. The van der Waals surface area contributed by atoms with Gasteiger partial charge in [-0.1, -0.05) is 0 Å². The van der Waals surface area contributed by atoms with Gasteiger partial charge in [-0.25, -0.2) is 26.7 Å². The molecule has 2 aromatic carbocycles. The van der Waals surface area contributed by atoms with Crippen LogP contribution in [0.1, 0.15) is 70.4 Å². The number of aromatic amines is 1. The average Bonchev–Trinajstić information content (AvgIpc) is 3.78. The van der Waals surface area contributed by atoms with E-state index in [1.807, 2.05) is 27.5 Å². The zero-order chi connectivity index (χ0) is 36.9. The number of hydrogen-bond acceptors (Lipinski definition) is 8. The second-order valence-corrected chi connectivity index (χ2v) is 16.6. The molecule has 278 valence electrons. The molecule has 2 aromatic heterocycles. The predicted molar refractivity (Wildman–Crippen MR) is 193 cm³/mol. The number of aromatic nitrogens is 4. The summed E-state index contributed by atoms with van der Waals surface area (Å²) in [6, 6.07) is 1.86. The third-order valence-electron chi connectivity index (χ3n) is 11.0. The zero-order valence-electron chi connectivity index (χ0n) is 29.2. The second-order valence-electron chi connectivity index (χ2n) is 15.5. The minimum Gasteiger partial charge on any atom is -0.461 e. The van der Waals surface area contributed by atoms with Gasteiger partial charge >= 0.3 is 12.1 Å². The number of aryl methyl sites for hydroxylation is 1. The van der Waals surface area contributed by atoms with E-state index in [-0.39, 0.29) is 69.9 Å². The number of nitrogens with zero attached hydrogens (tertiary/aromatic N) is 6. The normalized spacial score (nSPS) is 24.9. The Bertz CT molecular complexity index is 2080. The number of hydrogen-bond donors (Lipinski definition) is 1. The molecule has 0 unspecified atom stereocenters. The Morgan fingerprint density at radius 1 is 1.12 bits per heavy atom. The number of carbonyl (C=O) groups excluding carboxylic acids is 1. The number of rotatable bonds is 6. The van der Waals surface area contributed by atoms with Crippen molar-refractivity contribution in [3.8, 4) is 17.1 Å². The molecule has 4 atom stereocenters. The number of H-pyrrole nitrogens is 1. The van der Waals surface area contributed by atoms with Crippen LogP contribution < -0.4 is 9.64 Å².